The van der Waals surface area contributed by atoms with Crippen molar-refractivity contribution in [3.63, 3.8) is 0 Å². The standard InChI is InChI=1S/C16H23BrN2O2/c1-19(13-4-2-3-5-13)7-6-18-10-12-8-15-16(9-14(12)17)21-11-20-15/h8-9,13,18H,2-7,10-11H2,1H3. The van der Waals surface area contributed by atoms with Gasteiger partial charge in [-0.2, -0.15) is 0 Å². The summed E-state index contributed by atoms with van der Waals surface area (Å²) in [5.74, 6) is 1.67. The van der Waals surface area contributed by atoms with Crippen LogP contribution < -0.4 is 14.8 Å². The van der Waals surface area contributed by atoms with Crippen molar-refractivity contribution < 1.29 is 9.47 Å². The van der Waals surface area contributed by atoms with Crippen molar-refractivity contribution in [1.82, 2.24) is 10.2 Å². The van der Waals surface area contributed by atoms with E-state index in [1.54, 1.807) is 0 Å². The molecule has 1 aromatic carbocycles. The number of nitrogens with one attached hydrogen (secondary N) is 1. The predicted octanol–water partition coefficient (Wildman–Crippen LogP) is 3.14. The topological polar surface area (TPSA) is 33.7 Å². The van der Waals surface area contributed by atoms with Gasteiger partial charge in [-0.05, 0) is 37.6 Å². The van der Waals surface area contributed by atoms with E-state index in [0.29, 0.717) is 6.79 Å². The van der Waals surface area contributed by atoms with E-state index in [9.17, 15) is 0 Å². The van der Waals surface area contributed by atoms with Gasteiger partial charge >= 0.3 is 0 Å². The number of hydrogen-bond acceptors (Lipinski definition) is 4. The Morgan fingerprint density at radius 3 is 2.71 bits per heavy atom. The number of likely N-dealkylation sites (N-methyl/N-ethyl adjacent to an activating group) is 1. The fourth-order valence-electron chi connectivity index (χ4n) is 3.10. The van der Waals surface area contributed by atoms with Gasteiger partial charge in [-0.15, -0.1) is 0 Å². The van der Waals surface area contributed by atoms with E-state index in [0.717, 1.165) is 41.6 Å². The van der Waals surface area contributed by atoms with Gasteiger partial charge in [0.1, 0.15) is 0 Å². The molecule has 1 N–H and O–H groups in total. The molecule has 5 heteroatoms. The fraction of sp³-hybridized carbons (Fsp3) is 0.625. The Hall–Kier alpha value is -0.780. The molecule has 1 aliphatic carbocycles. The van der Waals surface area contributed by atoms with Gasteiger partial charge in [0.25, 0.3) is 0 Å². The lowest BCUT2D eigenvalue weighted by molar-refractivity contribution is 0.174. The summed E-state index contributed by atoms with van der Waals surface area (Å²) in [6.07, 6.45) is 5.52. The van der Waals surface area contributed by atoms with E-state index in [1.165, 1.54) is 31.2 Å². The van der Waals surface area contributed by atoms with Crippen molar-refractivity contribution in [2.24, 2.45) is 0 Å². The summed E-state index contributed by atoms with van der Waals surface area (Å²) in [5, 5.41) is 3.52. The molecule has 0 unspecified atom stereocenters. The van der Waals surface area contributed by atoms with Crippen LogP contribution in [0.15, 0.2) is 16.6 Å². The fourth-order valence-corrected chi connectivity index (χ4v) is 3.56. The van der Waals surface area contributed by atoms with Crippen LogP contribution in [0, 0.1) is 0 Å². The van der Waals surface area contributed by atoms with Gasteiger partial charge in [0.2, 0.25) is 6.79 Å². The molecular weight excluding hydrogens is 332 g/mol. The summed E-state index contributed by atoms with van der Waals surface area (Å²) >= 11 is 3.60. The van der Waals surface area contributed by atoms with Crippen molar-refractivity contribution in [1.29, 1.82) is 0 Å². The first-order chi connectivity index (χ1) is 10.2. The number of halogens is 1. The van der Waals surface area contributed by atoms with Gasteiger partial charge in [-0.1, -0.05) is 28.8 Å². The first kappa shape index (κ1) is 15.1. The first-order valence-corrected chi connectivity index (χ1v) is 8.52. The van der Waals surface area contributed by atoms with Gasteiger partial charge in [-0.25, -0.2) is 0 Å². The number of hydrogen-bond donors (Lipinski definition) is 1. The van der Waals surface area contributed by atoms with Crippen molar-refractivity contribution in [3.05, 3.63) is 22.2 Å². The van der Waals surface area contributed by atoms with E-state index in [1.807, 2.05) is 6.07 Å². The maximum absolute atomic E-state index is 5.43. The van der Waals surface area contributed by atoms with Crippen LogP contribution in [0.1, 0.15) is 31.2 Å². The minimum Gasteiger partial charge on any atom is -0.454 e. The molecule has 2 aliphatic rings. The lowest BCUT2D eigenvalue weighted by Crippen LogP contribution is -2.35. The van der Waals surface area contributed by atoms with E-state index in [-0.39, 0.29) is 0 Å². The molecule has 3 rings (SSSR count). The summed E-state index contributed by atoms with van der Waals surface area (Å²) in [7, 11) is 2.24. The summed E-state index contributed by atoms with van der Waals surface area (Å²) in [6, 6.07) is 4.84. The maximum atomic E-state index is 5.43. The smallest absolute Gasteiger partial charge is 0.231 e. The van der Waals surface area contributed by atoms with Gasteiger partial charge in [0.15, 0.2) is 11.5 Å². The molecule has 21 heavy (non-hydrogen) atoms. The molecule has 0 bridgehead atoms. The molecule has 0 spiro atoms. The second-order valence-electron chi connectivity index (χ2n) is 5.89. The Morgan fingerprint density at radius 1 is 1.24 bits per heavy atom. The molecule has 0 aromatic heterocycles. The minimum absolute atomic E-state index is 0.324. The molecular formula is C16H23BrN2O2. The second-order valence-corrected chi connectivity index (χ2v) is 6.75. The molecule has 1 saturated carbocycles. The number of ether oxygens (including phenoxy) is 2. The average Bonchev–Trinajstić information content (AvgIpc) is 3.14. The highest BCUT2D eigenvalue weighted by Crippen LogP contribution is 2.36. The van der Waals surface area contributed by atoms with Crippen LogP contribution in [-0.2, 0) is 6.54 Å². The summed E-state index contributed by atoms with van der Waals surface area (Å²) < 4.78 is 11.9. The lowest BCUT2D eigenvalue weighted by Gasteiger charge is -2.24. The minimum atomic E-state index is 0.324. The SMILES string of the molecule is CN(CCNCc1cc2c(cc1Br)OCO2)C1CCCC1. The van der Waals surface area contributed by atoms with E-state index >= 15 is 0 Å². The summed E-state index contributed by atoms with van der Waals surface area (Å²) in [4.78, 5) is 2.49. The quantitative estimate of drug-likeness (QED) is 0.795. The van der Waals surface area contributed by atoms with Crippen molar-refractivity contribution in [2.45, 2.75) is 38.3 Å². The number of benzene rings is 1. The molecule has 0 atom stereocenters. The van der Waals surface area contributed by atoms with Gasteiger partial charge in [0, 0.05) is 30.1 Å². The summed E-state index contributed by atoms with van der Waals surface area (Å²) in [6.45, 7) is 3.28. The number of nitrogens with zero attached hydrogens (tertiary/aromatic N) is 1. The highest BCUT2D eigenvalue weighted by Gasteiger charge is 2.19. The Balaban J connectivity index is 1.45. The van der Waals surface area contributed by atoms with E-state index in [4.69, 9.17) is 9.47 Å². The third kappa shape index (κ3) is 3.71. The molecule has 1 fully saturated rings. The largest absolute Gasteiger partial charge is 0.454 e. The Labute approximate surface area is 134 Å². The van der Waals surface area contributed by atoms with Crippen LogP contribution in [0.2, 0.25) is 0 Å². The van der Waals surface area contributed by atoms with Gasteiger partial charge in [-0.3, -0.25) is 0 Å². The molecule has 1 aliphatic heterocycles. The number of fused-ring (bicyclic) bond motifs is 1. The third-order valence-electron chi connectivity index (χ3n) is 4.45. The highest BCUT2D eigenvalue weighted by molar-refractivity contribution is 9.10. The lowest BCUT2D eigenvalue weighted by atomic mass is 10.2. The second kappa shape index (κ2) is 6.99. The van der Waals surface area contributed by atoms with Crippen LogP contribution in [0.25, 0.3) is 0 Å². The zero-order valence-corrected chi connectivity index (χ0v) is 14.1. The van der Waals surface area contributed by atoms with Crippen LogP contribution >= 0.6 is 15.9 Å². The van der Waals surface area contributed by atoms with Gasteiger partial charge < -0.3 is 19.7 Å². The normalized spacial score (nSPS) is 17.9. The van der Waals surface area contributed by atoms with Crippen LogP contribution in [-0.4, -0.2) is 37.9 Å². The number of rotatable bonds is 6. The van der Waals surface area contributed by atoms with Crippen LogP contribution in [0.3, 0.4) is 0 Å². The predicted molar refractivity (Wildman–Crippen MR) is 86.9 cm³/mol. The molecule has 1 heterocycles. The molecule has 116 valence electrons. The highest BCUT2D eigenvalue weighted by atomic mass is 79.9. The van der Waals surface area contributed by atoms with E-state index < -0.39 is 0 Å². The van der Waals surface area contributed by atoms with Crippen molar-refractivity contribution >= 4 is 15.9 Å². The van der Waals surface area contributed by atoms with Crippen molar-refractivity contribution in [3.8, 4) is 11.5 Å². The van der Waals surface area contributed by atoms with Crippen molar-refractivity contribution in [2.75, 3.05) is 26.9 Å². The average molecular weight is 355 g/mol. The third-order valence-corrected chi connectivity index (χ3v) is 5.18. The molecule has 0 saturated heterocycles. The Bertz CT molecular complexity index is 489. The Morgan fingerprint density at radius 2 is 1.95 bits per heavy atom. The van der Waals surface area contributed by atoms with Crippen LogP contribution in [0.4, 0.5) is 0 Å². The van der Waals surface area contributed by atoms with Gasteiger partial charge in [0.05, 0.1) is 0 Å². The zero-order chi connectivity index (χ0) is 14.7. The van der Waals surface area contributed by atoms with E-state index in [2.05, 4.69) is 39.3 Å². The molecule has 4 nitrogen and oxygen atoms in total. The maximum Gasteiger partial charge on any atom is 0.231 e. The monoisotopic (exact) mass is 354 g/mol. The zero-order valence-electron chi connectivity index (χ0n) is 12.5. The summed E-state index contributed by atoms with van der Waals surface area (Å²) in [5.41, 5.74) is 1.21. The molecule has 0 radical (unpaired) electrons. The molecule has 0 amide bonds. The molecule has 1 aromatic rings. The Kier molecular flexibility index (Phi) is 5.03. The first-order valence-electron chi connectivity index (χ1n) is 7.73. The van der Waals surface area contributed by atoms with Crippen LogP contribution in [0.5, 0.6) is 11.5 Å².